The zero-order valence-electron chi connectivity index (χ0n) is 19.9. The number of alkyl halides is 3. The number of anilines is 1. The normalized spacial score (nSPS) is 29.8. The second-order valence-corrected chi connectivity index (χ2v) is 8.93. The maximum Gasteiger partial charge on any atom is 0.417 e. The highest BCUT2D eigenvalue weighted by atomic mass is 19.4. The predicted octanol–water partition coefficient (Wildman–Crippen LogP) is 2.98. The van der Waals surface area contributed by atoms with Crippen molar-refractivity contribution in [2.24, 2.45) is 5.92 Å². The summed E-state index contributed by atoms with van der Waals surface area (Å²) in [7, 11) is 1.04. The van der Waals surface area contributed by atoms with Crippen molar-refractivity contribution in [2.45, 2.75) is 49.9 Å². The molecule has 2 aliphatic heterocycles. The Morgan fingerprint density at radius 2 is 1.97 bits per heavy atom. The average molecular weight is 533 g/mol. The molecule has 2 N–H and O–H groups in total. The van der Waals surface area contributed by atoms with Crippen molar-refractivity contribution >= 4 is 11.7 Å². The van der Waals surface area contributed by atoms with Crippen molar-refractivity contribution in [3.05, 3.63) is 41.7 Å². The van der Waals surface area contributed by atoms with E-state index in [9.17, 15) is 31.9 Å². The number of hydrogen-bond acceptors (Lipinski definition) is 8. The summed E-state index contributed by atoms with van der Waals surface area (Å²) in [5.74, 6) is -7.25. The first kappa shape index (κ1) is 26.9. The van der Waals surface area contributed by atoms with Crippen LogP contribution in [0.2, 0.25) is 0 Å². The van der Waals surface area contributed by atoms with Crippen LogP contribution in [-0.2, 0) is 14.3 Å². The van der Waals surface area contributed by atoms with Crippen LogP contribution in [0.4, 0.5) is 27.8 Å². The van der Waals surface area contributed by atoms with Crippen molar-refractivity contribution in [2.75, 3.05) is 25.6 Å². The molecule has 0 bridgehead atoms. The zero-order valence-corrected chi connectivity index (χ0v) is 19.9. The summed E-state index contributed by atoms with van der Waals surface area (Å²) in [6.07, 6.45) is -7.25. The highest BCUT2D eigenvalue weighted by Gasteiger charge is 2.66. The van der Waals surface area contributed by atoms with Crippen LogP contribution < -0.4 is 14.8 Å². The Kier molecular flexibility index (Phi) is 7.27. The van der Waals surface area contributed by atoms with Crippen LogP contribution in [-0.4, -0.2) is 71.4 Å². The highest BCUT2D eigenvalue weighted by Crippen LogP contribution is 2.55. The lowest BCUT2D eigenvalue weighted by atomic mass is 9.77. The third-order valence-electron chi connectivity index (χ3n) is 6.74. The van der Waals surface area contributed by atoms with Gasteiger partial charge in [-0.15, -0.1) is 0 Å². The Morgan fingerprint density at radius 3 is 2.59 bits per heavy atom. The van der Waals surface area contributed by atoms with Gasteiger partial charge in [-0.25, -0.2) is 14.4 Å². The van der Waals surface area contributed by atoms with E-state index in [-0.39, 0.29) is 30.5 Å². The van der Waals surface area contributed by atoms with Gasteiger partial charge in [-0.05, 0) is 13.0 Å². The van der Waals surface area contributed by atoms with Crippen molar-refractivity contribution in [3.63, 3.8) is 0 Å². The number of benzene rings is 1. The van der Waals surface area contributed by atoms with Gasteiger partial charge in [0.05, 0.1) is 20.3 Å². The van der Waals surface area contributed by atoms with E-state index < -0.39 is 65.2 Å². The number of halogens is 5. The van der Waals surface area contributed by atoms with E-state index in [1.54, 1.807) is 0 Å². The summed E-state index contributed by atoms with van der Waals surface area (Å²) in [4.78, 5) is 21.0. The zero-order chi connectivity index (χ0) is 27.1. The molecule has 1 aromatic heterocycles. The van der Waals surface area contributed by atoms with Crippen LogP contribution in [0, 0.1) is 17.6 Å². The van der Waals surface area contributed by atoms with Crippen LogP contribution in [0.3, 0.4) is 0 Å². The summed E-state index contributed by atoms with van der Waals surface area (Å²) < 4.78 is 91.4. The fourth-order valence-electron chi connectivity index (χ4n) is 4.50. The molecule has 0 aliphatic carbocycles. The maximum absolute atomic E-state index is 14.5. The quantitative estimate of drug-likeness (QED) is 0.546. The SMILES string of the molecule is COc1c([C@H]2[C@H](C(=O)Nc3cc(O[C@H]4COC[C@H]4O)ncn3)O[C@@](C)(C(F)(F)F)[C@H]2C)ccc(F)c1F. The number of amides is 1. The number of methoxy groups -OCH3 is 1. The Hall–Kier alpha value is -3.10. The molecule has 14 heteroatoms. The van der Waals surface area contributed by atoms with Gasteiger partial charge in [0.2, 0.25) is 11.7 Å². The molecule has 202 valence electrons. The highest BCUT2D eigenvalue weighted by molar-refractivity contribution is 5.94. The molecule has 0 unspecified atom stereocenters. The fourth-order valence-corrected chi connectivity index (χ4v) is 4.50. The average Bonchev–Trinajstić information content (AvgIpc) is 3.36. The molecule has 0 spiro atoms. The van der Waals surface area contributed by atoms with E-state index in [1.807, 2.05) is 0 Å². The van der Waals surface area contributed by atoms with E-state index in [2.05, 4.69) is 15.3 Å². The van der Waals surface area contributed by atoms with Gasteiger partial charge in [0.15, 0.2) is 23.3 Å². The van der Waals surface area contributed by atoms with Crippen molar-refractivity contribution in [1.82, 2.24) is 9.97 Å². The van der Waals surface area contributed by atoms with Gasteiger partial charge in [0.25, 0.3) is 5.91 Å². The van der Waals surface area contributed by atoms with Crippen LogP contribution in [0.25, 0.3) is 0 Å². The van der Waals surface area contributed by atoms with Gasteiger partial charge in [0, 0.05) is 23.5 Å². The van der Waals surface area contributed by atoms with Gasteiger partial charge in [0.1, 0.15) is 24.4 Å². The van der Waals surface area contributed by atoms with Gasteiger partial charge in [-0.2, -0.15) is 17.6 Å². The molecule has 3 heterocycles. The molecular weight excluding hydrogens is 509 g/mol. The Labute approximate surface area is 207 Å². The number of carbonyl (C=O) groups excluding carboxylic acids is 1. The number of aromatic nitrogens is 2. The summed E-state index contributed by atoms with van der Waals surface area (Å²) >= 11 is 0. The number of hydrogen-bond donors (Lipinski definition) is 2. The second kappa shape index (κ2) is 9.99. The molecular formula is C23H24F5N3O6. The number of aliphatic hydroxyl groups excluding tert-OH is 1. The summed E-state index contributed by atoms with van der Waals surface area (Å²) in [6, 6.07) is 3.01. The van der Waals surface area contributed by atoms with Crippen molar-refractivity contribution < 1.29 is 50.8 Å². The van der Waals surface area contributed by atoms with E-state index >= 15 is 0 Å². The molecule has 1 amide bonds. The minimum Gasteiger partial charge on any atom is -0.493 e. The molecule has 6 atom stereocenters. The molecule has 2 aliphatic rings. The molecule has 2 saturated heterocycles. The first-order valence-corrected chi connectivity index (χ1v) is 11.2. The fraction of sp³-hybridized carbons (Fsp3) is 0.522. The van der Waals surface area contributed by atoms with Gasteiger partial charge < -0.3 is 29.4 Å². The molecule has 0 radical (unpaired) electrons. The minimum atomic E-state index is -4.90. The molecule has 1 aromatic carbocycles. The van der Waals surface area contributed by atoms with Gasteiger partial charge >= 0.3 is 6.18 Å². The molecule has 2 fully saturated rings. The van der Waals surface area contributed by atoms with Crippen LogP contribution >= 0.6 is 0 Å². The largest absolute Gasteiger partial charge is 0.493 e. The van der Waals surface area contributed by atoms with Crippen LogP contribution in [0.5, 0.6) is 11.6 Å². The predicted molar refractivity (Wildman–Crippen MR) is 116 cm³/mol. The summed E-state index contributed by atoms with van der Waals surface area (Å²) in [6.45, 7) is 2.17. The molecule has 2 aromatic rings. The topological polar surface area (TPSA) is 112 Å². The number of rotatable bonds is 6. The first-order chi connectivity index (χ1) is 17.4. The summed E-state index contributed by atoms with van der Waals surface area (Å²) in [5, 5.41) is 12.2. The van der Waals surface area contributed by atoms with E-state index in [4.69, 9.17) is 18.9 Å². The smallest absolute Gasteiger partial charge is 0.417 e. The summed E-state index contributed by atoms with van der Waals surface area (Å²) in [5.41, 5.74) is -2.96. The maximum atomic E-state index is 14.5. The standard InChI is InChI=1S/C23H24F5N3O6/c1-10-17(11-4-5-12(24)18(25)19(11)34-3)20(37-22(10,2)23(26,27)28)21(33)31-15-6-16(30-9-29-15)36-14-8-35-7-13(14)32/h4-6,9-10,13-14,17,20,32H,7-8H2,1-3H3,(H,29,30,31,33)/t10-,13+,14-,17-,20+,22+/m0/s1. The number of ether oxygens (including phenoxy) is 4. The Morgan fingerprint density at radius 1 is 1.24 bits per heavy atom. The van der Waals surface area contributed by atoms with E-state index in [0.717, 1.165) is 32.5 Å². The molecule has 9 nitrogen and oxygen atoms in total. The second-order valence-electron chi connectivity index (χ2n) is 8.93. The Bertz CT molecular complexity index is 1170. The first-order valence-electron chi connectivity index (χ1n) is 11.2. The number of nitrogens with zero attached hydrogens (tertiary/aromatic N) is 2. The monoisotopic (exact) mass is 533 g/mol. The van der Waals surface area contributed by atoms with Crippen LogP contribution in [0.1, 0.15) is 25.3 Å². The van der Waals surface area contributed by atoms with Gasteiger partial charge in [-0.1, -0.05) is 13.0 Å². The van der Waals surface area contributed by atoms with Crippen LogP contribution in [0.15, 0.2) is 24.5 Å². The lowest BCUT2D eigenvalue weighted by Crippen LogP contribution is -2.47. The molecule has 0 saturated carbocycles. The van der Waals surface area contributed by atoms with Crippen molar-refractivity contribution in [1.29, 1.82) is 0 Å². The lowest BCUT2D eigenvalue weighted by Gasteiger charge is -2.32. The third-order valence-corrected chi connectivity index (χ3v) is 6.74. The van der Waals surface area contributed by atoms with E-state index in [1.165, 1.54) is 13.0 Å². The van der Waals surface area contributed by atoms with Gasteiger partial charge in [-0.3, -0.25) is 4.79 Å². The lowest BCUT2D eigenvalue weighted by molar-refractivity contribution is -0.272. The molecule has 4 rings (SSSR count). The number of nitrogens with one attached hydrogen (secondary N) is 1. The minimum absolute atomic E-state index is 0.0282. The number of carbonyl (C=O) groups is 1. The number of aliphatic hydroxyl groups is 1. The Balaban J connectivity index is 1.66. The molecule has 37 heavy (non-hydrogen) atoms. The van der Waals surface area contributed by atoms with Crippen molar-refractivity contribution in [3.8, 4) is 11.6 Å². The third kappa shape index (κ3) is 4.92. The van der Waals surface area contributed by atoms with E-state index in [0.29, 0.717) is 0 Å².